The van der Waals surface area contributed by atoms with Gasteiger partial charge in [0.2, 0.25) is 5.16 Å². The highest BCUT2D eigenvalue weighted by Crippen LogP contribution is 2.26. The van der Waals surface area contributed by atoms with Crippen LogP contribution in [0.2, 0.25) is 0 Å². The highest BCUT2D eigenvalue weighted by molar-refractivity contribution is 7.84. The molecule has 1 atom stereocenters. The lowest BCUT2D eigenvalue weighted by Crippen LogP contribution is -2.37. The highest BCUT2D eigenvalue weighted by atomic mass is 32.2. The molecule has 1 aromatic carbocycles. The molecule has 0 N–H and O–H groups in total. The van der Waals surface area contributed by atoms with Gasteiger partial charge < -0.3 is 19.3 Å². The largest absolute Gasteiger partial charge is 0.484 e. The van der Waals surface area contributed by atoms with Crippen molar-refractivity contribution in [2.45, 2.75) is 36.9 Å². The van der Waals surface area contributed by atoms with Gasteiger partial charge in [-0.05, 0) is 58.1 Å². The number of ether oxygens (including phenoxy) is 2. The van der Waals surface area contributed by atoms with Gasteiger partial charge in [0.15, 0.2) is 6.61 Å². The number of esters is 1. The van der Waals surface area contributed by atoms with Crippen molar-refractivity contribution in [3.05, 3.63) is 47.8 Å². The molecule has 2 aromatic heterocycles. The third-order valence-electron chi connectivity index (χ3n) is 6.89. The number of carbonyl (C=O) groups is 2. The first-order valence-corrected chi connectivity index (χ1v) is 14.4. The molecule has 222 valence electrons. The summed E-state index contributed by atoms with van der Waals surface area (Å²) in [6.07, 6.45) is -1.78. The van der Waals surface area contributed by atoms with Crippen molar-refractivity contribution < 1.29 is 36.4 Å². The van der Waals surface area contributed by atoms with Gasteiger partial charge in [0.05, 0.1) is 45.7 Å². The lowest BCUT2D eigenvalue weighted by atomic mass is 9.97. The SMILES string of the molecule is Cc1c(OCC(F)(F)F)ccnc1C[S@](=O)c1nc2ccccc2n1C(=O)N(C)CCOC(=O)C1CCN(C)CC1. The normalized spacial score (nSPS) is 15.6. The Bertz CT molecular complexity index is 1420. The van der Waals surface area contributed by atoms with Crippen molar-refractivity contribution in [3.63, 3.8) is 0 Å². The van der Waals surface area contributed by atoms with E-state index in [0.29, 0.717) is 16.6 Å². The molecular weight excluding hydrogens is 563 g/mol. The minimum Gasteiger partial charge on any atom is -0.484 e. The number of nitrogens with zero attached hydrogens (tertiary/aromatic N) is 5. The molecule has 0 saturated carbocycles. The molecule has 0 unspecified atom stereocenters. The Morgan fingerprint density at radius 1 is 1.17 bits per heavy atom. The van der Waals surface area contributed by atoms with Gasteiger partial charge in [0.25, 0.3) is 0 Å². The van der Waals surface area contributed by atoms with E-state index in [4.69, 9.17) is 9.47 Å². The van der Waals surface area contributed by atoms with E-state index in [1.54, 1.807) is 31.3 Å². The van der Waals surface area contributed by atoms with E-state index in [9.17, 15) is 27.0 Å². The van der Waals surface area contributed by atoms with Crippen molar-refractivity contribution in [2.75, 3.05) is 46.9 Å². The first kappa shape index (κ1) is 30.4. The number of aromatic nitrogens is 3. The number of piperidine rings is 1. The number of imidazole rings is 1. The molecule has 3 aromatic rings. The fourth-order valence-corrected chi connectivity index (χ4v) is 5.71. The second kappa shape index (κ2) is 13.0. The van der Waals surface area contributed by atoms with Crippen LogP contribution in [-0.2, 0) is 26.1 Å². The molecule has 1 aliphatic rings. The number of halogens is 3. The molecule has 0 radical (unpaired) electrons. The summed E-state index contributed by atoms with van der Waals surface area (Å²) < 4.78 is 63.0. The summed E-state index contributed by atoms with van der Waals surface area (Å²) in [5.41, 5.74) is 1.44. The number of amides is 1. The van der Waals surface area contributed by atoms with Gasteiger partial charge in [-0.1, -0.05) is 12.1 Å². The quantitative estimate of drug-likeness (QED) is 0.344. The number of para-hydroxylation sites is 2. The van der Waals surface area contributed by atoms with E-state index in [0.717, 1.165) is 25.9 Å². The van der Waals surface area contributed by atoms with Crippen LogP contribution in [0.5, 0.6) is 5.75 Å². The fraction of sp³-hybridized carbons (Fsp3) is 0.481. The number of alkyl halides is 3. The zero-order valence-electron chi connectivity index (χ0n) is 23.0. The van der Waals surface area contributed by atoms with Crippen molar-refractivity contribution in [2.24, 2.45) is 5.92 Å². The zero-order valence-corrected chi connectivity index (χ0v) is 23.8. The molecule has 1 fully saturated rings. The Morgan fingerprint density at radius 2 is 1.88 bits per heavy atom. The first-order chi connectivity index (χ1) is 19.4. The van der Waals surface area contributed by atoms with Crippen LogP contribution in [0.15, 0.2) is 41.7 Å². The van der Waals surface area contributed by atoms with Crippen LogP contribution in [0.1, 0.15) is 24.1 Å². The minimum atomic E-state index is -4.51. The second-order valence-corrected chi connectivity index (χ2v) is 11.3. The Hall–Kier alpha value is -3.52. The van der Waals surface area contributed by atoms with Crippen LogP contribution in [-0.4, -0.2) is 93.7 Å². The van der Waals surface area contributed by atoms with E-state index < -0.39 is 29.6 Å². The third kappa shape index (κ3) is 7.61. The van der Waals surface area contributed by atoms with Gasteiger partial charge in [-0.15, -0.1) is 0 Å². The van der Waals surface area contributed by atoms with Gasteiger partial charge in [-0.3, -0.25) is 14.0 Å². The van der Waals surface area contributed by atoms with E-state index in [-0.39, 0.29) is 47.4 Å². The average Bonchev–Trinajstić information content (AvgIpc) is 3.32. The van der Waals surface area contributed by atoms with Gasteiger partial charge in [0, 0.05) is 18.8 Å². The molecule has 0 bridgehead atoms. The second-order valence-electron chi connectivity index (χ2n) is 9.94. The summed E-state index contributed by atoms with van der Waals surface area (Å²) in [6, 6.07) is 7.58. The van der Waals surface area contributed by atoms with E-state index in [2.05, 4.69) is 14.9 Å². The molecule has 0 aliphatic carbocycles. The van der Waals surface area contributed by atoms with E-state index in [1.165, 1.54) is 28.7 Å². The summed E-state index contributed by atoms with van der Waals surface area (Å²) in [4.78, 5) is 38.1. The van der Waals surface area contributed by atoms with Gasteiger partial charge in [-0.2, -0.15) is 13.2 Å². The predicted octanol–water partition coefficient (Wildman–Crippen LogP) is 3.77. The highest BCUT2D eigenvalue weighted by Gasteiger charge is 2.30. The predicted molar refractivity (Wildman–Crippen MR) is 145 cm³/mol. The smallest absolute Gasteiger partial charge is 0.422 e. The Morgan fingerprint density at radius 3 is 2.59 bits per heavy atom. The van der Waals surface area contributed by atoms with Crippen LogP contribution in [0.4, 0.5) is 18.0 Å². The fourth-order valence-electron chi connectivity index (χ4n) is 4.46. The summed E-state index contributed by atoms with van der Waals surface area (Å²) in [5.74, 6) is -0.668. The van der Waals surface area contributed by atoms with Gasteiger partial charge >= 0.3 is 18.2 Å². The van der Waals surface area contributed by atoms with Crippen molar-refractivity contribution in [1.29, 1.82) is 0 Å². The molecule has 1 saturated heterocycles. The molecule has 3 heterocycles. The zero-order chi connectivity index (χ0) is 29.7. The number of rotatable bonds is 9. The molecule has 0 spiro atoms. The standard InChI is InChI=1S/C27H32F3N5O5S/c1-18-21(31-11-8-23(18)40-17-27(28,29)30)16-41(38)25-32-20-6-4-5-7-22(20)35(25)26(37)34(3)14-15-39-24(36)19-9-12-33(2)13-10-19/h4-8,11,19H,9-10,12-17H2,1-3H3/t41-/m0/s1. The molecule has 1 amide bonds. The summed E-state index contributed by atoms with van der Waals surface area (Å²) in [5, 5.41) is -0.0332. The molecule has 41 heavy (non-hydrogen) atoms. The first-order valence-electron chi connectivity index (χ1n) is 13.0. The third-order valence-corrected chi connectivity index (χ3v) is 8.11. The number of carbonyl (C=O) groups excluding carboxylic acids is 2. The number of benzene rings is 1. The summed E-state index contributed by atoms with van der Waals surface area (Å²) in [6.45, 7) is 1.82. The van der Waals surface area contributed by atoms with Gasteiger partial charge in [0.1, 0.15) is 12.4 Å². The topological polar surface area (TPSA) is 107 Å². The van der Waals surface area contributed by atoms with E-state index >= 15 is 0 Å². The van der Waals surface area contributed by atoms with Crippen LogP contribution >= 0.6 is 0 Å². The van der Waals surface area contributed by atoms with Crippen LogP contribution in [0, 0.1) is 12.8 Å². The number of fused-ring (bicyclic) bond motifs is 1. The van der Waals surface area contributed by atoms with Crippen molar-refractivity contribution in [3.8, 4) is 5.75 Å². The van der Waals surface area contributed by atoms with Crippen molar-refractivity contribution in [1.82, 2.24) is 24.3 Å². The lowest BCUT2D eigenvalue weighted by molar-refractivity contribution is -0.153. The number of pyridine rings is 1. The number of likely N-dealkylation sites (tertiary alicyclic amines) is 1. The number of hydrogen-bond donors (Lipinski definition) is 0. The molecule has 14 heteroatoms. The maximum absolute atomic E-state index is 13.5. The number of likely N-dealkylation sites (N-methyl/N-ethyl adjacent to an activating group) is 1. The summed E-state index contributed by atoms with van der Waals surface area (Å²) in [7, 11) is 1.65. The van der Waals surface area contributed by atoms with Crippen LogP contribution < -0.4 is 4.74 Å². The lowest BCUT2D eigenvalue weighted by Gasteiger charge is -2.27. The number of hydrogen-bond acceptors (Lipinski definition) is 8. The molecular formula is C27H32F3N5O5S. The monoisotopic (exact) mass is 595 g/mol. The Labute approximate surface area is 237 Å². The maximum Gasteiger partial charge on any atom is 0.422 e. The van der Waals surface area contributed by atoms with Crippen LogP contribution in [0.3, 0.4) is 0 Å². The Kier molecular flexibility index (Phi) is 9.64. The van der Waals surface area contributed by atoms with Crippen LogP contribution in [0.25, 0.3) is 11.0 Å². The average molecular weight is 596 g/mol. The minimum absolute atomic E-state index is 0.00625. The molecule has 1 aliphatic heterocycles. The molecule has 10 nitrogen and oxygen atoms in total. The van der Waals surface area contributed by atoms with Crippen molar-refractivity contribution >= 4 is 33.8 Å². The van der Waals surface area contributed by atoms with E-state index in [1.807, 2.05) is 7.05 Å². The van der Waals surface area contributed by atoms with Gasteiger partial charge in [-0.25, -0.2) is 14.3 Å². The molecule has 4 rings (SSSR count). The summed E-state index contributed by atoms with van der Waals surface area (Å²) >= 11 is 0. The Balaban J connectivity index is 1.48. The maximum atomic E-state index is 13.5.